The Morgan fingerprint density at radius 2 is 2.04 bits per heavy atom. The Balaban J connectivity index is 2.46. The fourth-order valence-corrected chi connectivity index (χ4v) is 3.22. The van der Waals surface area contributed by atoms with Crippen LogP contribution in [0.2, 0.25) is 0 Å². The second-order valence-corrected chi connectivity index (χ2v) is 6.49. The van der Waals surface area contributed by atoms with E-state index in [0.717, 1.165) is 36.7 Å². The van der Waals surface area contributed by atoms with Gasteiger partial charge in [0.2, 0.25) is 5.91 Å². The Morgan fingerprint density at radius 3 is 2.64 bits per heavy atom. The van der Waals surface area contributed by atoms with Crippen molar-refractivity contribution in [2.24, 2.45) is 0 Å². The summed E-state index contributed by atoms with van der Waals surface area (Å²) in [7, 11) is 3.61. The van der Waals surface area contributed by atoms with E-state index >= 15 is 0 Å². The maximum atomic E-state index is 13.0. The van der Waals surface area contributed by atoms with E-state index in [1.165, 1.54) is 0 Å². The lowest BCUT2D eigenvalue weighted by molar-refractivity contribution is -0.136. The number of ether oxygens (including phenoxy) is 2. The van der Waals surface area contributed by atoms with Gasteiger partial charge in [0.1, 0.15) is 17.5 Å². The largest absolute Gasteiger partial charge is 0.494 e. The minimum atomic E-state index is -0.357. The molecule has 2 unspecified atom stereocenters. The third kappa shape index (κ3) is 4.64. The molecule has 1 amide bonds. The maximum Gasteiger partial charge on any atom is 0.244 e. The molecule has 2 atom stereocenters. The smallest absolute Gasteiger partial charge is 0.244 e. The molecule has 1 aromatic rings. The zero-order valence-corrected chi connectivity index (χ0v) is 16.0. The van der Waals surface area contributed by atoms with Gasteiger partial charge in [0.05, 0.1) is 13.2 Å². The van der Waals surface area contributed by atoms with Crippen LogP contribution in [0.1, 0.15) is 32.4 Å². The molecule has 1 aliphatic heterocycles. The van der Waals surface area contributed by atoms with E-state index in [2.05, 4.69) is 17.1 Å². The highest BCUT2D eigenvalue weighted by molar-refractivity contribution is 5.84. The Hall–Kier alpha value is -1.79. The molecule has 0 saturated carbocycles. The summed E-state index contributed by atoms with van der Waals surface area (Å²) < 4.78 is 11.5. The Labute approximate surface area is 151 Å². The highest BCUT2D eigenvalue weighted by Crippen LogP contribution is 2.35. The van der Waals surface area contributed by atoms with E-state index in [0.29, 0.717) is 13.2 Å². The molecule has 2 rings (SSSR count). The summed E-state index contributed by atoms with van der Waals surface area (Å²) >= 11 is 0. The molecule has 140 valence electrons. The summed E-state index contributed by atoms with van der Waals surface area (Å²) in [5.74, 6) is 1.55. The molecule has 0 spiro atoms. The van der Waals surface area contributed by atoms with Crippen molar-refractivity contribution in [3.05, 3.63) is 23.8 Å². The van der Waals surface area contributed by atoms with Crippen LogP contribution in [-0.2, 0) is 4.79 Å². The van der Waals surface area contributed by atoms with E-state index in [-0.39, 0.29) is 18.0 Å². The molecule has 0 aliphatic carbocycles. The van der Waals surface area contributed by atoms with Gasteiger partial charge in [0, 0.05) is 51.4 Å². The van der Waals surface area contributed by atoms with Crippen molar-refractivity contribution < 1.29 is 14.3 Å². The van der Waals surface area contributed by atoms with Crippen LogP contribution in [0.15, 0.2) is 18.2 Å². The number of hydrogen-bond acceptors (Lipinski definition) is 5. The topological polar surface area (TPSA) is 54.0 Å². The van der Waals surface area contributed by atoms with Crippen LogP contribution in [0.25, 0.3) is 0 Å². The number of nitrogens with one attached hydrogen (secondary N) is 1. The van der Waals surface area contributed by atoms with Gasteiger partial charge in [0.15, 0.2) is 0 Å². The summed E-state index contributed by atoms with van der Waals surface area (Å²) in [4.78, 5) is 17.0. The quantitative estimate of drug-likeness (QED) is 0.815. The number of carbonyl (C=O) groups excluding carboxylic acids is 1. The monoisotopic (exact) mass is 349 g/mol. The zero-order valence-electron chi connectivity index (χ0n) is 16.0. The summed E-state index contributed by atoms with van der Waals surface area (Å²) in [6.07, 6.45) is 0. The van der Waals surface area contributed by atoms with Crippen LogP contribution in [-0.4, -0.2) is 68.7 Å². The fraction of sp³-hybridized carbons (Fsp3) is 0.632. The van der Waals surface area contributed by atoms with Crippen LogP contribution < -0.4 is 14.8 Å². The second kappa shape index (κ2) is 9.06. The zero-order chi connectivity index (χ0) is 18.4. The number of piperazine rings is 1. The molecular weight excluding hydrogens is 318 g/mol. The van der Waals surface area contributed by atoms with Gasteiger partial charge in [-0.05, 0) is 32.9 Å². The van der Waals surface area contributed by atoms with Gasteiger partial charge in [-0.3, -0.25) is 9.69 Å². The predicted octanol–water partition coefficient (Wildman–Crippen LogP) is 1.91. The van der Waals surface area contributed by atoms with Gasteiger partial charge in [-0.15, -0.1) is 0 Å². The van der Waals surface area contributed by atoms with Crippen LogP contribution >= 0.6 is 0 Å². The first-order valence-corrected chi connectivity index (χ1v) is 9.06. The van der Waals surface area contributed by atoms with Gasteiger partial charge in [-0.1, -0.05) is 0 Å². The molecule has 1 heterocycles. The normalized spacial score (nSPS) is 19.3. The summed E-state index contributed by atoms with van der Waals surface area (Å²) in [6, 6.07) is 5.69. The van der Waals surface area contributed by atoms with Crippen molar-refractivity contribution in [2.75, 3.05) is 46.9 Å². The SMILES string of the molecule is CCOc1ccc(C(C(=O)N(C)C)N2CCNCC2C)c(OCC)c1. The third-order valence-corrected chi connectivity index (χ3v) is 4.45. The molecule has 1 N–H and O–H groups in total. The van der Waals surface area contributed by atoms with Crippen molar-refractivity contribution in [2.45, 2.75) is 32.9 Å². The van der Waals surface area contributed by atoms with Crippen molar-refractivity contribution >= 4 is 5.91 Å². The van der Waals surface area contributed by atoms with E-state index in [4.69, 9.17) is 9.47 Å². The van der Waals surface area contributed by atoms with Crippen molar-refractivity contribution in [1.82, 2.24) is 15.1 Å². The van der Waals surface area contributed by atoms with Crippen molar-refractivity contribution in [1.29, 1.82) is 0 Å². The fourth-order valence-electron chi connectivity index (χ4n) is 3.22. The van der Waals surface area contributed by atoms with Crippen LogP contribution in [0, 0.1) is 0 Å². The molecule has 6 nitrogen and oxygen atoms in total. The van der Waals surface area contributed by atoms with Crippen LogP contribution in [0.4, 0.5) is 0 Å². The standard InChI is InChI=1S/C19H31N3O3/c1-6-24-15-8-9-16(17(12-15)25-7-2)18(19(23)21(4)5)22-11-10-20-13-14(22)3/h8-9,12,14,18,20H,6-7,10-11,13H2,1-5H3. The molecular formula is C19H31N3O3. The van der Waals surface area contributed by atoms with Gasteiger partial charge in [0.25, 0.3) is 0 Å². The van der Waals surface area contributed by atoms with Crippen LogP contribution in [0.5, 0.6) is 11.5 Å². The number of nitrogens with zero attached hydrogens (tertiary/aromatic N) is 2. The number of hydrogen-bond donors (Lipinski definition) is 1. The maximum absolute atomic E-state index is 13.0. The molecule has 0 bridgehead atoms. The summed E-state index contributed by atoms with van der Waals surface area (Å²) in [5.41, 5.74) is 0.901. The first-order valence-electron chi connectivity index (χ1n) is 9.06. The van der Waals surface area contributed by atoms with E-state index in [1.807, 2.05) is 32.0 Å². The van der Waals surface area contributed by atoms with E-state index < -0.39 is 0 Å². The van der Waals surface area contributed by atoms with Gasteiger partial charge < -0.3 is 19.7 Å². The van der Waals surface area contributed by atoms with Gasteiger partial charge >= 0.3 is 0 Å². The first-order chi connectivity index (χ1) is 12.0. The average Bonchev–Trinajstić information content (AvgIpc) is 2.58. The minimum Gasteiger partial charge on any atom is -0.494 e. The minimum absolute atomic E-state index is 0.0684. The van der Waals surface area contributed by atoms with Gasteiger partial charge in [-0.25, -0.2) is 0 Å². The number of carbonyl (C=O) groups is 1. The number of rotatable bonds is 7. The van der Waals surface area contributed by atoms with E-state index in [1.54, 1.807) is 19.0 Å². The first kappa shape index (κ1) is 19.5. The molecule has 0 aromatic heterocycles. The average molecular weight is 349 g/mol. The molecule has 1 saturated heterocycles. The molecule has 25 heavy (non-hydrogen) atoms. The second-order valence-electron chi connectivity index (χ2n) is 6.49. The Kier molecular flexibility index (Phi) is 7.08. The lowest BCUT2D eigenvalue weighted by Gasteiger charge is -2.40. The predicted molar refractivity (Wildman–Crippen MR) is 99.3 cm³/mol. The lowest BCUT2D eigenvalue weighted by Crippen LogP contribution is -2.54. The molecule has 0 radical (unpaired) electrons. The van der Waals surface area contributed by atoms with Crippen LogP contribution in [0.3, 0.4) is 0 Å². The molecule has 6 heteroatoms. The molecule has 1 aromatic carbocycles. The van der Waals surface area contributed by atoms with Crippen molar-refractivity contribution in [3.63, 3.8) is 0 Å². The summed E-state index contributed by atoms with van der Waals surface area (Å²) in [6.45, 7) is 9.77. The number of likely N-dealkylation sites (N-methyl/N-ethyl adjacent to an activating group) is 1. The molecule has 1 fully saturated rings. The summed E-state index contributed by atoms with van der Waals surface area (Å²) in [5, 5.41) is 3.39. The highest BCUT2D eigenvalue weighted by Gasteiger charge is 2.35. The molecule has 1 aliphatic rings. The van der Waals surface area contributed by atoms with E-state index in [9.17, 15) is 4.79 Å². The third-order valence-electron chi connectivity index (χ3n) is 4.45. The number of benzene rings is 1. The Bertz CT molecular complexity index is 577. The van der Waals surface area contributed by atoms with Crippen molar-refractivity contribution in [3.8, 4) is 11.5 Å². The lowest BCUT2D eigenvalue weighted by atomic mass is 9.99. The Morgan fingerprint density at radius 1 is 1.32 bits per heavy atom. The number of amides is 1. The highest BCUT2D eigenvalue weighted by atomic mass is 16.5. The van der Waals surface area contributed by atoms with Gasteiger partial charge in [-0.2, -0.15) is 0 Å².